The van der Waals surface area contributed by atoms with E-state index in [0.717, 1.165) is 16.7 Å². The first-order valence-electron chi connectivity index (χ1n) is 8.96. The lowest BCUT2D eigenvalue weighted by Gasteiger charge is -2.20. The van der Waals surface area contributed by atoms with E-state index in [9.17, 15) is 13.2 Å². The normalized spacial score (nSPS) is 11.2. The number of nitrogens with zero attached hydrogens (tertiary/aromatic N) is 1. The van der Waals surface area contributed by atoms with Gasteiger partial charge in [0.1, 0.15) is 0 Å². The maximum Gasteiger partial charge on any atom is 0.255 e. The molecular weight excluding hydrogens is 398 g/mol. The summed E-state index contributed by atoms with van der Waals surface area (Å²) in [6.07, 6.45) is 0. The molecule has 0 heterocycles. The number of nitrogens with two attached hydrogens (primary N) is 1. The van der Waals surface area contributed by atoms with E-state index in [2.05, 4.69) is 5.32 Å². The lowest BCUT2D eigenvalue weighted by molar-refractivity contribution is 0.102. The van der Waals surface area contributed by atoms with Crippen molar-refractivity contribution in [1.82, 2.24) is 4.31 Å². The third-order valence-corrected chi connectivity index (χ3v) is 6.71. The summed E-state index contributed by atoms with van der Waals surface area (Å²) in [5.41, 5.74) is 9.13. The van der Waals surface area contributed by atoms with E-state index in [1.165, 1.54) is 10.4 Å². The van der Waals surface area contributed by atoms with Crippen LogP contribution in [0.1, 0.15) is 40.9 Å². The van der Waals surface area contributed by atoms with E-state index < -0.39 is 10.0 Å². The predicted octanol–water partition coefficient (Wildman–Crippen LogP) is 3.47. The maximum atomic E-state index is 12.8. The van der Waals surface area contributed by atoms with Gasteiger partial charge in [-0.25, -0.2) is 8.42 Å². The predicted molar refractivity (Wildman–Crippen MR) is 116 cm³/mol. The average Bonchev–Trinajstić information content (AvgIpc) is 2.65. The number of nitrogens with one attached hydrogen (secondary N) is 1. The van der Waals surface area contributed by atoms with Gasteiger partial charge < -0.3 is 11.1 Å². The van der Waals surface area contributed by atoms with Crippen LogP contribution in [0.25, 0.3) is 0 Å². The standard InChI is InChI=1S/C20H27N3O3S.ClH/c1-5-23(6-2)27(25,26)18-11-14(3)15(4)19(12-18)22-20(24)17-9-7-16(13-21)8-10-17;/h7-12H,5-6,13,21H2,1-4H3,(H,22,24);1H. The van der Waals surface area contributed by atoms with Crippen LogP contribution in [-0.4, -0.2) is 31.7 Å². The molecule has 0 aliphatic rings. The minimum absolute atomic E-state index is 0. The highest BCUT2D eigenvalue weighted by molar-refractivity contribution is 7.89. The van der Waals surface area contributed by atoms with Crippen molar-refractivity contribution in [3.05, 3.63) is 58.7 Å². The van der Waals surface area contributed by atoms with Crippen LogP contribution in [0, 0.1) is 13.8 Å². The van der Waals surface area contributed by atoms with Crippen LogP contribution in [0.3, 0.4) is 0 Å². The third kappa shape index (κ3) is 5.11. The number of rotatable bonds is 7. The van der Waals surface area contributed by atoms with Gasteiger partial charge in [-0.3, -0.25) is 4.79 Å². The second-order valence-electron chi connectivity index (χ2n) is 6.36. The molecule has 2 rings (SSSR count). The molecule has 0 atom stereocenters. The zero-order chi connectivity index (χ0) is 20.2. The van der Waals surface area contributed by atoms with Crippen LogP contribution in [0.5, 0.6) is 0 Å². The van der Waals surface area contributed by atoms with Crippen molar-refractivity contribution in [1.29, 1.82) is 0 Å². The Kier molecular flexibility index (Phi) is 8.63. The monoisotopic (exact) mass is 425 g/mol. The Labute approximate surface area is 173 Å². The fourth-order valence-electron chi connectivity index (χ4n) is 2.80. The zero-order valence-corrected chi connectivity index (χ0v) is 18.3. The Morgan fingerprint density at radius 1 is 1.07 bits per heavy atom. The number of amides is 1. The topological polar surface area (TPSA) is 92.5 Å². The smallest absolute Gasteiger partial charge is 0.255 e. The molecule has 8 heteroatoms. The Bertz CT molecular complexity index is 924. The highest BCUT2D eigenvalue weighted by atomic mass is 35.5. The van der Waals surface area contributed by atoms with Crippen LogP contribution in [0.2, 0.25) is 0 Å². The molecule has 0 aliphatic heterocycles. The molecule has 154 valence electrons. The van der Waals surface area contributed by atoms with Crippen molar-refractivity contribution < 1.29 is 13.2 Å². The Balaban J connectivity index is 0.00000392. The number of halogens is 1. The number of benzene rings is 2. The fraction of sp³-hybridized carbons (Fsp3) is 0.350. The molecule has 2 aromatic rings. The highest BCUT2D eigenvalue weighted by Gasteiger charge is 2.23. The molecule has 0 saturated heterocycles. The molecule has 28 heavy (non-hydrogen) atoms. The van der Waals surface area contributed by atoms with Gasteiger partial charge in [-0.1, -0.05) is 26.0 Å². The molecule has 0 bridgehead atoms. The van der Waals surface area contributed by atoms with Gasteiger partial charge >= 0.3 is 0 Å². The van der Waals surface area contributed by atoms with Crippen molar-refractivity contribution >= 4 is 34.0 Å². The highest BCUT2D eigenvalue weighted by Crippen LogP contribution is 2.26. The molecule has 3 N–H and O–H groups in total. The van der Waals surface area contributed by atoms with Gasteiger partial charge in [-0.05, 0) is 54.8 Å². The van der Waals surface area contributed by atoms with Crippen molar-refractivity contribution in [2.75, 3.05) is 18.4 Å². The van der Waals surface area contributed by atoms with Crippen LogP contribution < -0.4 is 11.1 Å². The lowest BCUT2D eigenvalue weighted by Crippen LogP contribution is -2.30. The van der Waals surface area contributed by atoms with E-state index in [0.29, 0.717) is 30.9 Å². The number of carbonyl (C=O) groups excluding carboxylic acids is 1. The summed E-state index contributed by atoms with van der Waals surface area (Å²) in [7, 11) is -3.60. The first kappa shape index (κ1) is 24.1. The molecule has 1 amide bonds. The number of aryl methyl sites for hydroxylation is 1. The molecule has 0 aliphatic carbocycles. The Morgan fingerprint density at radius 2 is 1.64 bits per heavy atom. The molecule has 0 radical (unpaired) electrons. The summed E-state index contributed by atoms with van der Waals surface area (Å²) in [6, 6.07) is 10.2. The minimum Gasteiger partial charge on any atom is -0.326 e. The van der Waals surface area contributed by atoms with Crippen molar-refractivity contribution in [3.8, 4) is 0 Å². The van der Waals surface area contributed by atoms with Gasteiger partial charge in [0.05, 0.1) is 4.90 Å². The summed E-state index contributed by atoms with van der Waals surface area (Å²) < 4.78 is 27.1. The molecule has 0 saturated carbocycles. The van der Waals surface area contributed by atoms with Gasteiger partial charge in [0.25, 0.3) is 5.91 Å². The van der Waals surface area contributed by atoms with Gasteiger partial charge in [0, 0.05) is 30.9 Å². The lowest BCUT2D eigenvalue weighted by atomic mass is 10.1. The summed E-state index contributed by atoms with van der Waals surface area (Å²) in [4.78, 5) is 12.8. The zero-order valence-electron chi connectivity index (χ0n) is 16.7. The number of sulfonamides is 1. The maximum absolute atomic E-state index is 12.8. The Morgan fingerprint density at radius 3 is 2.14 bits per heavy atom. The van der Waals surface area contributed by atoms with Crippen molar-refractivity contribution in [2.45, 2.75) is 39.1 Å². The van der Waals surface area contributed by atoms with Crippen molar-refractivity contribution in [2.24, 2.45) is 5.73 Å². The molecule has 0 spiro atoms. The summed E-state index contributed by atoms with van der Waals surface area (Å²) in [6.45, 7) is 8.48. The number of anilines is 1. The first-order chi connectivity index (χ1) is 12.7. The number of hydrogen-bond donors (Lipinski definition) is 2. The fourth-order valence-corrected chi connectivity index (χ4v) is 4.37. The largest absolute Gasteiger partial charge is 0.326 e. The van der Waals surface area contributed by atoms with Gasteiger partial charge in [-0.15, -0.1) is 12.4 Å². The second-order valence-corrected chi connectivity index (χ2v) is 8.30. The molecule has 2 aromatic carbocycles. The minimum atomic E-state index is -3.60. The first-order valence-corrected chi connectivity index (χ1v) is 10.4. The van der Waals surface area contributed by atoms with E-state index in [4.69, 9.17) is 5.73 Å². The summed E-state index contributed by atoms with van der Waals surface area (Å²) >= 11 is 0. The SMILES string of the molecule is CCN(CC)S(=O)(=O)c1cc(C)c(C)c(NC(=O)c2ccc(CN)cc2)c1.Cl. The van der Waals surface area contributed by atoms with E-state index in [1.807, 2.05) is 13.8 Å². The van der Waals surface area contributed by atoms with Gasteiger partial charge in [0.2, 0.25) is 10.0 Å². The molecule has 0 unspecified atom stereocenters. The van der Waals surface area contributed by atoms with E-state index >= 15 is 0 Å². The average molecular weight is 426 g/mol. The van der Waals surface area contributed by atoms with E-state index in [1.54, 1.807) is 44.2 Å². The third-order valence-electron chi connectivity index (χ3n) is 4.68. The second kappa shape index (κ2) is 10.0. The van der Waals surface area contributed by atoms with Gasteiger partial charge in [0.15, 0.2) is 0 Å². The van der Waals surface area contributed by atoms with Crippen LogP contribution >= 0.6 is 12.4 Å². The van der Waals surface area contributed by atoms with E-state index in [-0.39, 0.29) is 23.2 Å². The molecule has 0 fully saturated rings. The van der Waals surface area contributed by atoms with Gasteiger partial charge in [-0.2, -0.15) is 4.31 Å². The molecular formula is C20H28ClN3O3S. The summed E-state index contributed by atoms with van der Waals surface area (Å²) in [5.74, 6) is -0.293. The number of hydrogen-bond acceptors (Lipinski definition) is 4. The number of carbonyl (C=O) groups is 1. The van der Waals surface area contributed by atoms with Crippen molar-refractivity contribution in [3.63, 3.8) is 0 Å². The summed E-state index contributed by atoms with van der Waals surface area (Å²) in [5, 5.41) is 2.84. The molecule has 6 nitrogen and oxygen atoms in total. The molecule has 0 aromatic heterocycles. The van der Waals surface area contributed by atoms with Crippen LogP contribution in [-0.2, 0) is 16.6 Å². The quantitative estimate of drug-likeness (QED) is 0.710. The van der Waals surface area contributed by atoms with Crippen LogP contribution in [0.4, 0.5) is 5.69 Å². The van der Waals surface area contributed by atoms with Crippen LogP contribution in [0.15, 0.2) is 41.3 Å². The Hall–Kier alpha value is -1.93.